The van der Waals surface area contributed by atoms with Crippen molar-refractivity contribution in [1.82, 2.24) is 4.98 Å². The number of carboxylic acids is 1. The molecule has 0 amide bonds. The minimum Gasteiger partial charge on any atom is -0.480 e. The summed E-state index contributed by atoms with van der Waals surface area (Å²) < 4.78 is 0.983. The molecule has 20 heavy (non-hydrogen) atoms. The van der Waals surface area contributed by atoms with E-state index in [1.807, 2.05) is 24.3 Å². The molecule has 0 saturated heterocycles. The summed E-state index contributed by atoms with van der Waals surface area (Å²) in [5.41, 5.74) is -0.871. The van der Waals surface area contributed by atoms with Crippen molar-refractivity contribution in [2.45, 2.75) is 31.2 Å². The fourth-order valence-corrected chi connectivity index (χ4v) is 3.36. The van der Waals surface area contributed by atoms with Crippen LogP contribution in [-0.2, 0) is 4.79 Å². The van der Waals surface area contributed by atoms with Gasteiger partial charge in [-0.05, 0) is 25.0 Å². The molecule has 0 aliphatic heterocycles. The number of fused-ring (bicyclic) bond motifs is 1. The van der Waals surface area contributed by atoms with Crippen LogP contribution in [-0.4, -0.2) is 21.6 Å². The second-order valence-corrected chi connectivity index (χ2v) is 6.07. The van der Waals surface area contributed by atoms with Crippen molar-refractivity contribution in [3.8, 4) is 0 Å². The largest absolute Gasteiger partial charge is 0.480 e. The third-order valence-corrected chi connectivity index (χ3v) is 4.67. The number of pyridine rings is 1. The first-order chi connectivity index (χ1) is 9.62. The van der Waals surface area contributed by atoms with Crippen LogP contribution < -0.4 is 5.32 Å². The molecule has 1 fully saturated rings. The fourth-order valence-electron chi connectivity index (χ4n) is 2.87. The molecule has 1 heterocycles. The second kappa shape index (κ2) is 5.05. The highest BCUT2D eigenvalue weighted by Crippen LogP contribution is 2.35. The topological polar surface area (TPSA) is 62.2 Å². The molecule has 1 saturated carbocycles. The summed E-state index contributed by atoms with van der Waals surface area (Å²) in [6, 6.07) is 7.78. The highest BCUT2D eigenvalue weighted by atomic mass is 79.9. The van der Waals surface area contributed by atoms with Gasteiger partial charge in [-0.1, -0.05) is 40.9 Å². The van der Waals surface area contributed by atoms with Crippen molar-refractivity contribution in [3.63, 3.8) is 0 Å². The van der Waals surface area contributed by atoms with Crippen LogP contribution >= 0.6 is 15.9 Å². The zero-order valence-electron chi connectivity index (χ0n) is 10.9. The lowest BCUT2D eigenvalue weighted by Gasteiger charge is -2.26. The van der Waals surface area contributed by atoms with Crippen LogP contribution in [0.2, 0.25) is 0 Å². The Morgan fingerprint density at radius 2 is 2.00 bits per heavy atom. The zero-order valence-corrected chi connectivity index (χ0v) is 12.5. The van der Waals surface area contributed by atoms with E-state index in [0.29, 0.717) is 18.7 Å². The van der Waals surface area contributed by atoms with Crippen molar-refractivity contribution in [2.75, 3.05) is 5.32 Å². The third kappa shape index (κ3) is 2.16. The molecule has 2 aromatic rings. The summed E-state index contributed by atoms with van der Waals surface area (Å²) in [6.45, 7) is 0. The number of halogens is 1. The quantitative estimate of drug-likeness (QED) is 0.895. The monoisotopic (exact) mass is 334 g/mol. The van der Waals surface area contributed by atoms with Crippen LogP contribution in [0.1, 0.15) is 25.7 Å². The van der Waals surface area contributed by atoms with Gasteiger partial charge in [0.15, 0.2) is 0 Å². The van der Waals surface area contributed by atoms with Gasteiger partial charge >= 0.3 is 5.97 Å². The Hall–Kier alpha value is -1.62. The molecule has 0 unspecified atom stereocenters. The van der Waals surface area contributed by atoms with Crippen molar-refractivity contribution < 1.29 is 9.90 Å². The average Bonchev–Trinajstić information content (AvgIpc) is 2.90. The smallest absolute Gasteiger partial charge is 0.329 e. The molecule has 104 valence electrons. The molecule has 1 aliphatic carbocycles. The van der Waals surface area contributed by atoms with Gasteiger partial charge in [0, 0.05) is 21.4 Å². The molecule has 0 atom stereocenters. The van der Waals surface area contributed by atoms with Gasteiger partial charge in [0.1, 0.15) is 11.4 Å². The van der Waals surface area contributed by atoms with Crippen LogP contribution in [0, 0.1) is 0 Å². The number of anilines is 1. The maximum Gasteiger partial charge on any atom is 0.329 e. The lowest BCUT2D eigenvalue weighted by atomic mass is 9.97. The molecule has 1 aromatic carbocycles. The lowest BCUT2D eigenvalue weighted by molar-refractivity contribution is -0.142. The Morgan fingerprint density at radius 1 is 1.25 bits per heavy atom. The van der Waals surface area contributed by atoms with Crippen LogP contribution in [0.3, 0.4) is 0 Å². The van der Waals surface area contributed by atoms with Gasteiger partial charge < -0.3 is 10.4 Å². The van der Waals surface area contributed by atoms with Crippen molar-refractivity contribution >= 4 is 38.5 Å². The maximum absolute atomic E-state index is 11.6. The van der Waals surface area contributed by atoms with Gasteiger partial charge in [-0.3, -0.25) is 0 Å². The molecule has 4 nitrogen and oxygen atoms in total. The van der Waals surface area contributed by atoms with E-state index in [4.69, 9.17) is 0 Å². The minimum atomic E-state index is -0.871. The number of aromatic nitrogens is 1. The van der Waals surface area contributed by atoms with Gasteiger partial charge in [-0.15, -0.1) is 0 Å². The molecule has 5 heteroatoms. The number of carbonyl (C=O) groups is 1. The first kappa shape index (κ1) is 13.4. The number of benzene rings is 1. The molecular formula is C15H15BrN2O2. The van der Waals surface area contributed by atoms with Gasteiger partial charge in [0.2, 0.25) is 0 Å². The van der Waals surface area contributed by atoms with Crippen molar-refractivity contribution in [2.24, 2.45) is 0 Å². The van der Waals surface area contributed by atoms with E-state index in [0.717, 1.165) is 28.1 Å². The molecule has 0 bridgehead atoms. The van der Waals surface area contributed by atoms with Crippen LogP contribution in [0.25, 0.3) is 10.8 Å². The van der Waals surface area contributed by atoms with E-state index in [9.17, 15) is 9.90 Å². The average molecular weight is 335 g/mol. The molecule has 0 radical (unpaired) electrons. The van der Waals surface area contributed by atoms with E-state index >= 15 is 0 Å². The standard InChI is InChI=1S/C15H15BrN2O2/c16-12-5-3-4-11-10(12)6-9-17-13(11)18-15(14(19)20)7-1-2-8-15/h3-6,9H,1-2,7-8H2,(H,17,18)(H,19,20). The van der Waals surface area contributed by atoms with E-state index in [-0.39, 0.29) is 0 Å². The molecule has 0 spiro atoms. The van der Waals surface area contributed by atoms with Gasteiger partial charge in [0.25, 0.3) is 0 Å². The maximum atomic E-state index is 11.6. The summed E-state index contributed by atoms with van der Waals surface area (Å²) in [7, 11) is 0. The molecule has 1 aromatic heterocycles. The first-order valence-corrected chi connectivity index (χ1v) is 7.46. The Labute approximate surface area is 125 Å². The minimum absolute atomic E-state index is 0.646. The normalized spacial score (nSPS) is 17.2. The number of aliphatic carboxylic acids is 1. The van der Waals surface area contributed by atoms with Crippen molar-refractivity contribution in [1.29, 1.82) is 0 Å². The SMILES string of the molecule is O=C(O)C1(Nc2nccc3c(Br)cccc23)CCCC1. The van der Waals surface area contributed by atoms with Gasteiger partial charge in [-0.25, -0.2) is 9.78 Å². The van der Waals surface area contributed by atoms with E-state index in [1.54, 1.807) is 6.20 Å². The Bertz CT molecular complexity index is 666. The summed E-state index contributed by atoms with van der Waals surface area (Å²) in [5, 5.41) is 14.7. The Kier molecular flexibility index (Phi) is 3.38. The Balaban J connectivity index is 2.07. The van der Waals surface area contributed by atoms with Crippen LogP contribution in [0.4, 0.5) is 5.82 Å². The lowest BCUT2D eigenvalue weighted by Crippen LogP contribution is -2.43. The van der Waals surface area contributed by atoms with E-state index < -0.39 is 11.5 Å². The number of carboxylic acid groups (broad SMARTS) is 1. The van der Waals surface area contributed by atoms with Gasteiger partial charge in [-0.2, -0.15) is 0 Å². The van der Waals surface area contributed by atoms with Crippen molar-refractivity contribution in [3.05, 3.63) is 34.9 Å². The predicted octanol–water partition coefficient (Wildman–Crippen LogP) is 3.81. The molecule has 2 N–H and O–H groups in total. The summed E-state index contributed by atoms with van der Waals surface area (Å²) in [5.74, 6) is -0.142. The number of nitrogens with one attached hydrogen (secondary N) is 1. The summed E-state index contributed by atoms with van der Waals surface area (Å²) in [4.78, 5) is 16.0. The van der Waals surface area contributed by atoms with E-state index in [2.05, 4.69) is 26.2 Å². The van der Waals surface area contributed by atoms with E-state index in [1.165, 1.54) is 0 Å². The van der Waals surface area contributed by atoms with Crippen LogP contribution in [0.5, 0.6) is 0 Å². The zero-order chi connectivity index (χ0) is 14.2. The van der Waals surface area contributed by atoms with Gasteiger partial charge in [0.05, 0.1) is 0 Å². The highest BCUT2D eigenvalue weighted by Gasteiger charge is 2.41. The highest BCUT2D eigenvalue weighted by molar-refractivity contribution is 9.10. The number of hydrogen-bond acceptors (Lipinski definition) is 3. The molecule has 3 rings (SSSR count). The summed E-state index contributed by atoms with van der Waals surface area (Å²) in [6.07, 6.45) is 4.88. The number of hydrogen-bond donors (Lipinski definition) is 2. The molecular weight excluding hydrogens is 320 g/mol. The molecule has 1 aliphatic rings. The predicted molar refractivity (Wildman–Crippen MR) is 81.9 cm³/mol. The number of nitrogens with zero attached hydrogens (tertiary/aromatic N) is 1. The summed E-state index contributed by atoms with van der Waals surface area (Å²) >= 11 is 3.51. The first-order valence-electron chi connectivity index (χ1n) is 6.67. The number of rotatable bonds is 3. The third-order valence-electron chi connectivity index (χ3n) is 3.98. The fraction of sp³-hybridized carbons (Fsp3) is 0.333. The van der Waals surface area contributed by atoms with Crippen LogP contribution in [0.15, 0.2) is 34.9 Å². The Morgan fingerprint density at radius 3 is 2.70 bits per heavy atom. The second-order valence-electron chi connectivity index (χ2n) is 5.21.